The summed E-state index contributed by atoms with van der Waals surface area (Å²) in [7, 11) is 7.96. The third kappa shape index (κ3) is 3.52. The molecule has 6 nitrogen and oxygen atoms in total. The Kier molecular flexibility index (Phi) is 4.52. The average Bonchev–Trinajstić information content (AvgIpc) is 2.62. The average molecular weight is 335 g/mol. The minimum atomic E-state index is -0.458. The summed E-state index contributed by atoms with van der Waals surface area (Å²) in [5, 5.41) is 6.67. The molecule has 0 fully saturated rings. The molecule has 2 aromatic carbocycles. The second kappa shape index (κ2) is 6.76. The molecule has 1 N–H and O–H groups in total. The van der Waals surface area contributed by atoms with Gasteiger partial charge in [-0.3, -0.25) is 0 Å². The molecule has 3 rings (SSSR count). The van der Waals surface area contributed by atoms with Gasteiger partial charge in [0, 0.05) is 50.7 Å². The van der Waals surface area contributed by atoms with Crippen LogP contribution in [0.15, 0.2) is 53.3 Å². The van der Waals surface area contributed by atoms with E-state index in [1.54, 1.807) is 0 Å². The highest BCUT2D eigenvalue weighted by Crippen LogP contribution is 2.29. The van der Waals surface area contributed by atoms with Crippen molar-refractivity contribution in [3.8, 4) is 22.5 Å². The van der Waals surface area contributed by atoms with Crippen molar-refractivity contribution in [3.05, 3.63) is 59.0 Å². The van der Waals surface area contributed by atoms with Gasteiger partial charge in [-0.1, -0.05) is 24.3 Å². The first-order chi connectivity index (χ1) is 12.0. The Morgan fingerprint density at radius 1 is 0.720 bits per heavy atom. The van der Waals surface area contributed by atoms with E-state index in [2.05, 4.69) is 15.2 Å². The molecule has 0 aliphatic carbocycles. The zero-order valence-electron chi connectivity index (χ0n) is 14.8. The molecule has 0 aliphatic heterocycles. The Balaban J connectivity index is 2.08. The van der Waals surface area contributed by atoms with E-state index in [1.165, 1.54) is 0 Å². The fraction of sp³-hybridized carbons (Fsp3) is 0.211. The van der Waals surface area contributed by atoms with E-state index in [0.29, 0.717) is 11.4 Å². The molecule has 3 aromatic rings. The summed E-state index contributed by atoms with van der Waals surface area (Å²) in [6, 6.07) is 15.9. The molecule has 0 radical (unpaired) electrons. The molecule has 0 saturated heterocycles. The van der Waals surface area contributed by atoms with E-state index >= 15 is 0 Å². The van der Waals surface area contributed by atoms with Crippen LogP contribution in [0.1, 0.15) is 0 Å². The fourth-order valence-corrected chi connectivity index (χ4v) is 2.57. The van der Waals surface area contributed by atoms with Crippen molar-refractivity contribution in [1.29, 1.82) is 0 Å². The largest absolute Gasteiger partial charge is 0.378 e. The highest BCUT2D eigenvalue weighted by molar-refractivity contribution is 5.78. The number of rotatable bonds is 4. The third-order valence-electron chi connectivity index (χ3n) is 4.02. The Hall–Kier alpha value is -3.15. The lowest BCUT2D eigenvalue weighted by Crippen LogP contribution is -2.14. The zero-order valence-corrected chi connectivity index (χ0v) is 14.8. The van der Waals surface area contributed by atoms with Crippen molar-refractivity contribution in [1.82, 2.24) is 15.2 Å². The van der Waals surface area contributed by atoms with Crippen LogP contribution in [0, 0.1) is 0 Å². The lowest BCUT2D eigenvalue weighted by molar-refractivity contribution is 0.925. The Morgan fingerprint density at radius 2 is 1.16 bits per heavy atom. The summed E-state index contributed by atoms with van der Waals surface area (Å²) in [5.74, 6) is 0. The van der Waals surface area contributed by atoms with Crippen molar-refractivity contribution in [2.24, 2.45) is 0 Å². The molecule has 1 heterocycles. The summed E-state index contributed by atoms with van der Waals surface area (Å²) in [6.45, 7) is 0. The van der Waals surface area contributed by atoms with Gasteiger partial charge in [-0.25, -0.2) is 9.89 Å². The molecular formula is C19H21N5O. The predicted molar refractivity (Wildman–Crippen MR) is 102 cm³/mol. The second-order valence-electron chi connectivity index (χ2n) is 6.22. The highest BCUT2D eigenvalue weighted by Gasteiger charge is 2.12. The maximum absolute atomic E-state index is 11.7. The van der Waals surface area contributed by atoms with E-state index in [9.17, 15) is 4.79 Å². The second-order valence-corrected chi connectivity index (χ2v) is 6.22. The highest BCUT2D eigenvalue weighted by atomic mass is 16.1. The maximum Gasteiger partial charge on any atom is 0.361 e. The number of benzene rings is 2. The minimum absolute atomic E-state index is 0.458. The molecule has 0 saturated carbocycles. The quantitative estimate of drug-likeness (QED) is 0.794. The van der Waals surface area contributed by atoms with Gasteiger partial charge in [-0.15, -0.1) is 0 Å². The van der Waals surface area contributed by atoms with E-state index in [1.807, 2.05) is 86.5 Å². The van der Waals surface area contributed by atoms with Gasteiger partial charge in [0.25, 0.3) is 0 Å². The molecule has 0 aliphatic rings. The van der Waals surface area contributed by atoms with Crippen LogP contribution >= 0.6 is 0 Å². The number of hydrogen-bond acceptors (Lipinski definition) is 5. The molecule has 0 spiro atoms. The van der Waals surface area contributed by atoms with Gasteiger partial charge in [0.15, 0.2) is 0 Å². The monoisotopic (exact) mass is 335 g/mol. The summed E-state index contributed by atoms with van der Waals surface area (Å²) >= 11 is 0. The van der Waals surface area contributed by atoms with Gasteiger partial charge in [0.05, 0.1) is 0 Å². The molecule has 25 heavy (non-hydrogen) atoms. The first-order valence-corrected chi connectivity index (χ1v) is 7.98. The van der Waals surface area contributed by atoms with Crippen molar-refractivity contribution < 1.29 is 0 Å². The smallest absolute Gasteiger partial charge is 0.361 e. The van der Waals surface area contributed by atoms with Crippen LogP contribution in [-0.4, -0.2) is 43.4 Å². The van der Waals surface area contributed by atoms with Gasteiger partial charge in [-0.05, 0) is 24.3 Å². The molecular weight excluding hydrogens is 314 g/mol. The Labute approximate surface area is 146 Å². The summed E-state index contributed by atoms with van der Waals surface area (Å²) in [6.07, 6.45) is 0. The number of anilines is 2. The van der Waals surface area contributed by atoms with E-state index in [0.717, 1.165) is 22.5 Å². The topological polar surface area (TPSA) is 65.1 Å². The number of aromatic nitrogens is 3. The van der Waals surface area contributed by atoms with Crippen LogP contribution in [-0.2, 0) is 0 Å². The number of nitrogens with one attached hydrogen (secondary N) is 1. The molecule has 6 heteroatoms. The molecule has 128 valence electrons. The SMILES string of the molecule is CN(C)c1ccc(-c2n[nH]c(=O)nc2-c2ccc(N(C)C)cc2)cc1. The van der Waals surface area contributed by atoms with Gasteiger partial charge < -0.3 is 9.80 Å². The minimum Gasteiger partial charge on any atom is -0.378 e. The van der Waals surface area contributed by atoms with Crippen LogP contribution in [0.4, 0.5) is 11.4 Å². The van der Waals surface area contributed by atoms with Gasteiger partial charge >= 0.3 is 5.69 Å². The van der Waals surface area contributed by atoms with E-state index in [4.69, 9.17) is 0 Å². The van der Waals surface area contributed by atoms with Crippen LogP contribution in [0.5, 0.6) is 0 Å². The predicted octanol–water partition coefficient (Wildman–Crippen LogP) is 2.63. The molecule has 1 aromatic heterocycles. The maximum atomic E-state index is 11.7. The number of hydrogen-bond donors (Lipinski definition) is 1. The lowest BCUT2D eigenvalue weighted by Gasteiger charge is -2.14. The van der Waals surface area contributed by atoms with Crippen molar-refractivity contribution in [2.45, 2.75) is 0 Å². The Bertz CT molecular complexity index is 912. The van der Waals surface area contributed by atoms with E-state index in [-0.39, 0.29) is 0 Å². The zero-order chi connectivity index (χ0) is 18.0. The lowest BCUT2D eigenvalue weighted by atomic mass is 10.0. The molecule has 0 atom stereocenters. The van der Waals surface area contributed by atoms with Crippen LogP contribution in [0.25, 0.3) is 22.5 Å². The van der Waals surface area contributed by atoms with Gasteiger partial charge in [0.1, 0.15) is 11.4 Å². The van der Waals surface area contributed by atoms with Crippen LogP contribution < -0.4 is 15.5 Å². The van der Waals surface area contributed by atoms with Gasteiger partial charge in [-0.2, -0.15) is 10.1 Å². The van der Waals surface area contributed by atoms with Crippen molar-refractivity contribution in [3.63, 3.8) is 0 Å². The summed E-state index contributed by atoms with van der Waals surface area (Å²) < 4.78 is 0. The number of H-pyrrole nitrogens is 1. The standard InChI is InChI=1S/C19H21N5O/c1-23(2)15-9-5-13(6-10-15)17-18(21-22-19(25)20-17)14-7-11-16(12-8-14)24(3)4/h5-12H,1-4H3,(H,20,22,25). The number of aromatic amines is 1. The van der Waals surface area contributed by atoms with Crippen molar-refractivity contribution in [2.75, 3.05) is 38.0 Å². The van der Waals surface area contributed by atoms with Gasteiger partial charge in [0.2, 0.25) is 0 Å². The Morgan fingerprint density at radius 3 is 1.60 bits per heavy atom. The molecule has 0 unspecified atom stereocenters. The third-order valence-corrected chi connectivity index (χ3v) is 4.02. The first-order valence-electron chi connectivity index (χ1n) is 7.98. The summed E-state index contributed by atoms with van der Waals surface area (Å²) in [5.41, 5.74) is 4.71. The molecule has 0 amide bonds. The summed E-state index contributed by atoms with van der Waals surface area (Å²) in [4.78, 5) is 19.9. The number of nitrogens with zero attached hydrogens (tertiary/aromatic N) is 4. The van der Waals surface area contributed by atoms with Crippen LogP contribution in [0.3, 0.4) is 0 Å². The molecule has 0 bridgehead atoms. The van der Waals surface area contributed by atoms with Crippen molar-refractivity contribution >= 4 is 11.4 Å². The first kappa shape index (κ1) is 16.7. The normalized spacial score (nSPS) is 10.6. The fourth-order valence-electron chi connectivity index (χ4n) is 2.57. The van der Waals surface area contributed by atoms with Crippen LogP contribution in [0.2, 0.25) is 0 Å². The van der Waals surface area contributed by atoms with E-state index < -0.39 is 5.69 Å².